The Hall–Kier alpha value is -2.81. The van der Waals surface area contributed by atoms with Gasteiger partial charge in [-0.3, -0.25) is 0 Å². The van der Waals surface area contributed by atoms with E-state index in [2.05, 4.69) is 20.3 Å². The first-order valence-electron chi connectivity index (χ1n) is 10.1. The molecule has 0 spiro atoms. The van der Waals surface area contributed by atoms with Gasteiger partial charge in [-0.15, -0.1) is 5.10 Å². The Morgan fingerprint density at radius 3 is 2.55 bits per heavy atom. The minimum atomic E-state index is -2.90. The summed E-state index contributed by atoms with van der Waals surface area (Å²) in [7, 11) is 0. The molecule has 2 N–H and O–H groups in total. The molecule has 0 atom stereocenters. The van der Waals surface area contributed by atoms with E-state index >= 15 is 0 Å². The molecule has 166 valence electrons. The van der Waals surface area contributed by atoms with E-state index in [4.69, 9.17) is 9.40 Å². The Morgan fingerprint density at radius 1 is 1.23 bits per heavy atom. The molecule has 1 fully saturated rings. The van der Waals surface area contributed by atoms with Gasteiger partial charge >= 0.3 is 12.6 Å². The number of nitrogens with one attached hydrogen (secondary N) is 1. The molecule has 0 bridgehead atoms. The molecule has 0 aliphatic heterocycles. The summed E-state index contributed by atoms with van der Waals surface area (Å²) in [6.07, 6.45) is 1.21. The zero-order valence-corrected chi connectivity index (χ0v) is 18.2. The van der Waals surface area contributed by atoms with E-state index in [9.17, 15) is 13.9 Å². The third kappa shape index (κ3) is 4.46. The lowest BCUT2D eigenvalue weighted by molar-refractivity contribution is -0.0498. The number of fused-ring (bicyclic) bond motifs is 1. The number of aliphatic hydroxyl groups is 1. The molecule has 1 aromatic carbocycles. The molecule has 2 aromatic heterocycles. The van der Waals surface area contributed by atoms with Crippen molar-refractivity contribution in [1.29, 1.82) is 0 Å². The fraction of sp³-hybridized carbons (Fsp3) is 0.500. The number of ether oxygens (including phenoxy) is 1. The number of pyridine rings is 1. The number of hydrogen-bond acceptors (Lipinski definition) is 7. The number of aryl methyl sites for hydroxylation is 1. The van der Waals surface area contributed by atoms with Crippen LogP contribution in [-0.4, -0.2) is 38.5 Å². The molecule has 9 heteroatoms. The number of halogens is 2. The first-order valence-corrected chi connectivity index (χ1v) is 10.1. The van der Waals surface area contributed by atoms with E-state index in [0.717, 1.165) is 16.5 Å². The van der Waals surface area contributed by atoms with Crippen LogP contribution in [0.1, 0.15) is 51.7 Å². The van der Waals surface area contributed by atoms with Crippen molar-refractivity contribution < 1.29 is 23.0 Å². The molecule has 2 heterocycles. The van der Waals surface area contributed by atoms with E-state index in [1.807, 2.05) is 27.7 Å². The number of alkyl halides is 2. The van der Waals surface area contributed by atoms with Crippen LogP contribution in [0.3, 0.4) is 0 Å². The number of hydrogen-bond donors (Lipinski definition) is 2. The number of aromatic nitrogens is 3. The molecule has 4 rings (SSSR count). The number of anilines is 1. The molecule has 0 radical (unpaired) electrons. The van der Waals surface area contributed by atoms with Crippen molar-refractivity contribution in [2.45, 2.75) is 71.1 Å². The molecule has 1 aliphatic carbocycles. The zero-order chi connectivity index (χ0) is 22.6. The Labute approximate surface area is 178 Å². The van der Waals surface area contributed by atoms with Gasteiger partial charge in [0.05, 0.1) is 11.1 Å². The van der Waals surface area contributed by atoms with Gasteiger partial charge in [-0.2, -0.15) is 8.78 Å². The summed E-state index contributed by atoms with van der Waals surface area (Å²) in [6.45, 7) is 6.72. The van der Waals surface area contributed by atoms with Crippen LogP contribution >= 0.6 is 0 Å². The van der Waals surface area contributed by atoms with Gasteiger partial charge in [0.25, 0.3) is 5.89 Å². The molecule has 1 saturated carbocycles. The molecule has 3 aromatic rings. The highest BCUT2D eigenvalue weighted by atomic mass is 19.3. The normalized spacial score (nSPS) is 21.4. The Morgan fingerprint density at radius 2 is 1.94 bits per heavy atom. The van der Waals surface area contributed by atoms with Crippen molar-refractivity contribution in [3.8, 4) is 17.3 Å². The lowest BCUT2D eigenvalue weighted by Crippen LogP contribution is -2.48. The van der Waals surface area contributed by atoms with Gasteiger partial charge in [0.1, 0.15) is 11.4 Å². The summed E-state index contributed by atoms with van der Waals surface area (Å²) in [6, 6.07) is 5.31. The highest BCUT2D eigenvalue weighted by Crippen LogP contribution is 2.37. The second kappa shape index (κ2) is 7.40. The molecule has 1 aliphatic rings. The van der Waals surface area contributed by atoms with Crippen LogP contribution in [0.2, 0.25) is 0 Å². The second-order valence-corrected chi connectivity index (χ2v) is 9.48. The molecule has 31 heavy (non-hydrogen) atoms. The lowest BCUT2D eigenvalue weighted by Gasteiger charge is -2.40. The SMILES string of the molecule is Cc1cc(-c2nnc(N[C@H]3C[C@@](C)(O)C3)o2)nc2c(C(C)(C)C)cc(OC(F)F)cc12. The first kappa shape index (κ1) is 21.4. The fourth-order valence-corrected chi connectivity index (χ4v) is 3.98. The Bertz CT molecular complexity index is 1110. The van der Waals surface area contributed by atoms with Gasteiger partial charge in [-0.05, 0) is 61.4 Å². The van der Waals surface area contributed by atoms with E-state index in [0.29, 0.717) is 24.1 Å². The van der Waals surface area contributed by atoms with Crippen LogP contribution in [-0.2, 0) is 5.41 Å². The fourth-order valence-electron chi connectivity index (χ4n) is 3.98. The van der Waals surface area contributed by atoms with Crippen molar-refractivity contribution in [3.63, 3.8) is 0 Å². The van der Waals surface area contributed by atoms with Gasteiger partial charge < -0.3 is 19.6 Å². The Balaban J connectivity index is 1.72. The highest BCUT2D eigenvalue weighted by molar-refractivity contribution is 5.89. The average molecular weight is 432 g/mol. The minimum absolute atomic E-state index is 0.0790. The highest BCUT2D eigenvalue weighted by Gasteiger charge is 2.39. The minimum Gasteiger partial charge on any atom is -0.435 e. The Kier molecular flexibility index (Phi) is 5.12. The predicted molar refractivity (Wildman–Crippen MR) is 112 cm³/mol. The summed E-state index contributed by atoms with van der Waals surface area (Å²) < 4.78 is 36.0. The van der Waals surface area contributed by atoms with Crippen molar-refractivity contribution in [1.82, 2.24) is 15.2 Å². The number of nitrogens with zero attached hydrogens (tertiary/aromatic N) is 3. The molecule has 7 nitrogen and oxygen atoms in total. The maximum absolute atomic E-state index is 12.8. The van der Waals surface area contributed by atoms with Crippen LogP contribution in [0.25, 0.3) is 22.5 Å². The maximum atomic E-state index is 12.8. The topological polar surface area (TPSA) is 93.3 Å². The summed E-state index contributed by atoms with van der Waals surface area (Å²) in [5, 5.41) is 21.9. The van der Waals surface area contributed by atoms with Crippen molar-refractivity contribution in [2.75, 3.05) is 5.32 Å². The molecule has 0 saturated heterocycles. The van der Waals surface area contributed by atoms with Gasteiger partial charge in [-0.1, -0.05) is 25.9 Å². The van der Waals surface area contributed by atoms with Crippen LogP contribution in [0.4, 0.5) is 14.8 Å². The van der Waals surface area contributed by atoms with Crippen molar-refractivity contribution in [3.05, 3.63) is 29.3 Å². The quantitative estimate of drug-likeness (QED) is 0.597. The van der Waals surface area contributed by atoms with Gasteiger partial charge in [0, 0.05) is 11.4 Å². The van der Waals surface area contributed by atoms with Crippen molar-refractivity contribution >= 4 is 16.9 Å². The van der Waals surface area contributed by atoms with Gasteiger partial charge in [-0.25, -0.2) is 4.98 Å². The van der Waals surface area contributed by atoms with E-state index in [1.165, 1.54) is 0 Å². The van der Waals surface area contributed by atoms with Gasteiger partial charge in [0.15, 0.2) is 0 Å². The molecular weight excluding hydrogens is 406 g/mol. The second-order valence-electron chi connectivity index (χ2n) is 9.48. The molecular formula is C22H26F2N4O3. The molecule has 0 unspecified atom stereocenters. The third-order valence-electron chi connectivity index (χ3n) is 5.47. The standard InChI is InChI=1S/C22H26F2N4O3/c1-11-6-16(18-27-28-20(31-18)25-12-9-22(5,29)10-12)26-17-14(11)7-13(30-19(23)24)8-15(17)21(2,3)4/h6-8,12,19,29H,9-10H2,1-5H3,(H,25,28)/t12-,22+. The van der Waals surface area contributed by atoms with Crippen LogP contribution < -0.4 is 10.1 Å². The summed E-state index contributed by atoms with van der Waals surface area (Å²) in [4.78, 5) is 4.74. The smallest absolute Gasteiger partial charge is 0.387 e. The van der Waals surface area contributed by atoms with Crippen LogP contribution in [0.15, 0.2) is 22.6 Å². The largest absolute Gasteiger partial charge is 0.435 e. The summed E-state index contributed by atoms with van der Waals surface area (Å²) in [5.41, 5.74) is 1.76. The summed E-state index contributed by atoms with van der Waals surface area (Å²) in [5.74, 6) is 0.358. The van der Waals surface area contributed by atoms with Crippen LogP contribution in [0, 0.1) is 6.92 Å². The molecule has 0 amide bonds. The van der Waals surface area contributed by atoms with E-state index in [-0.39, 0.29) is 29.1 Å². The first-order chi connectivity index (χ1) is 14.4. The number of rotatable bonds is 5. The average Bonchev–Trinajstić information content (AvgIpc) is 3.07. The number of benzene rings is 1. The van der Waals surface area contributed by atoms with Gasteiger partial charge in [0.2, 0.25) is 0 Å². The van der Waals surface area contributed by atoms with E-state index in [1.54, 1.807) is 25.1 Å². The van der Waals surface area contributed by atoms with E-state index < -0.39 is 12.2 Å². The lowest BCUT2D eigenvalue weighted by atomic mass is 9.77. The third-order valence-corrected chi connectivity index (χ3v) is 5.47. The van der Waals surface area contributed by atoms with Crippen LogP contribution in [0.5, 0.6) is 5.75 Å². The predicted octanol–water partition coefficient (Wildman–Crippen LogP) is 4.82. The zero-order valence-electron chi connectivity index (χ0n) is 18.2. The maximum Gasteiger partial charge on any atom is 0.387 e. The summed E-state index contributed by atoms with van der Waals surface area (Å²) >= 11 is 0. The monoisotopic (exact) mass is 432 g/mol. The van der Waals surface area contributed by atoms with Crippen molar-refractivity contribution in [2.24, 2.45) is 0 Å².